The minimum Gasteiger partial charge on any atom is -0.480 e. The van der Waals surface area contributed by atoms with Gasteiger partial charge in [-0.1, -0.05) is 0 Å². The molecule has 0 aliphatic carbocycles. The summed E-state index contributed by atoms with van der Waals surface area (Å²) in [6.45, 7) is 4.30. The summed E-state index contributed by atoms with van der Waals surface area (Å²) < 4.78 is 0. The molecule has 0 bridgehead atoms. The molecule has 0 saturated heterocycles. The highest BCUT2D eigenvalue weighted by Gasteiger charge is 2.25. The highest BCUT2D eigenvalue weighted by molar-refractivity contribution is 5.82. The summed E-state index contributed by atoms with van der Waals surface area (Å²) in [4.78, 5) is 29.8. The van der Waals surface area contributed by atoms with E-state index < -0.39 is 12.0 Å². The van der Waals surface area contributed by atoms with E-state index in [0.29, 0.717) is 13.1 Å². The summed E-state index contributed by atoms with van der Waals surface area (Å²) in [5, 5.41) is 8.92. The van der Waals surface area contributed by atoms with Gasteiger partial charge in [0.05, 0.1) is 0 Å². The van der Waals surface area contributed by atoms with Crippen LogP contribution in [-0.4, -0.2) is 51.5 Å². The Morgan fingerprint density at radius 2 is 1.95 bits per heavy atom. The van der Waals surface area contributed by atoms with Gasteiger partial charge in [-0.3, -0.25) is 4.98 Å². The van der Waals surface area contributed by atoms with Crippen LogP contribution in [0.4, 0.5) is 4.79 Å². The number of carbonyl (C=O) groups is 2. The number of amides is 2. The Bertz CT molecular complexity index is 436. The summed E-state index contributed by atoms with van der Waals surface area (Å²) in [5.41, 5.74) is 0.960. The fourth-order valence-corrected chi connectivity index (χ4v) is 1.58. The second-order valence-electron chi connectivity index (χ2n) is 4.28. The number of hydrogen-bond donors (Lipinski definition) is 1. The number of nitrogens with zero attached hydrogens (tertiary/aromatic N) is 3. The first kappa shape index (κ1) is 14.9. The van der Waals surface area contributed by atoms with E-state index in [0.717, 1.165) is 5.56 Å². The molecule has 0 fully saturated rings. The number of pyridine rings is 1. The molecule has 0 aromatic carbocycles. The van der Waals surface area contributed by atoms with E-state index in [1.165, 1.54) is 18.9 Å². The molecule has 1 atom stereocenters. The monoisotopic (exact) mass is 265 g/mol. The van der Waals surface area contributed by atoms with Crippen molar-refractivity contribution < 1.29 is 14.7 Å². The van der Waals surface area contributed by atoms with Gasteiger partial charge in [-0.15, -0.1) is 0 Å². The van der Waals surface area contributed by atoms with Crippen molar-refractivity contribution in [2.24, 2.45) is 0 Å². The Morgan fingerprint density at radius 3 is 2.42 bits per heavy atom. The zero-order chi connectivity index (χ0) is 14.4. The van der Waals surface area contributed by atoms with E-state index in [2.05, 4.69) is 4.98 Å². The summed E-state index contributed by atoms with van der Waals surface area (Å²) in [6, 6.07) is 2.51. The van der Waals surface area contributed by atoms with Crippen molar-refractivity contribution in [3.8, 4) is 0 Å². The van der Waals surface area contributed by atoms with Crippen LogP contribution in [0.3, 0.4) is 0 Å². The summed E-state index contributed by atoms with van der Waals surface area (Å²) >= 11 is 0. The number of carboxylic acid groups (broad SMARTS) is 1. The second-order valence-corrected chi connectivity index (χ2v) is 4.28. The first-order chi connectivity index (χ1) is 8.97. The number of carboxylic acids is 1. The van der Waals surface area contributed by atoms with Gasteiger partial charge in [0.25, 0.3) is 0 Å². The van der Waals surface area contributed by atoms with Crippen LogP contribution < -0.4 is 0 Å². The molecule has 0 aliphatic heterocycles. The lowest BCUT2D eigenvalue weighted by atomic mass is 10.2. The summed E-state index contributed by atoms with van der Waals surface area (Å²) in [7, 11) is 1.50. The number of urea groups is 1. The molecule has 0 aliphatic rings. The van der Waals surface area contributed by atoms with E-state index in [1.807, 2.05) is 19.1 Å². The van der Waals surface area contributed by atoms with Gasteiger partial charge in [0, 0.05) is 32.5 Å². The van der Waals surface area contributed by atoms with Gasteiger partial charge >= 0.3 is 12.0 Å². The summed E-state index contributed by atoms with van der Waals surface area (Å²) in [6.07, 6.45) is 3.33. The highest BCUT2D eigenvalue weighted by atomic mass is 16.4. The van der Waals surface area contributed by atoms with Gasteiger partial charge in [-0.25, -0.2) is 9.59 Å². The Hall–Kier alpha value is -2.11. The molecular weight excluding hydrogens is 246 g/mol. The Labute approximate surface area is 112 Å². The quantitative estimate of drug-likeness (QED) is 0.874. The standard InChI is InChI=1S/C13H19N3O3/c1-4-16(9-11-5-7-14-8-6-11)13(19)15(3)10(2)12(17)18/h5-8,10H,4,9H2,1-3H3,(H,17,18). The molecule has 19 heavy (non-hydrogen) atoms. The third-order valence-electron chi connectivity index (χ3n) is 3.02. The van der Waals surface area contributed by atoms with E-state index in [9.17, 15) is 9.59 Å². The van der Waals surface area contributed by atoms with Crippen LogP contribution in [0.2, 0.25) is 0 Å². The van der Waals surface area contributed by atoms with Crippen molar-refractivity contribution in [2.45, 2.75) is 26.4 Å². The third kappa shape index (κ3) is 3.94. The molecule has 104 valence electrons. The molecule has 0 radical (unpaired) electrons. The number of likely N-dealkylation sites (N-methyl/N-ethyl adjacent to an activating group) is 1. The minimum atomic E-state index is -1.02. The van der Waals surface area contributed by atoms with Crippen molar-refractivity contribution in [3.05, 3.63) is 30.1 Å². The maximum atomic E-state index is 12.2. The minimum absolute atomic E-state index is 0.297. The van der Waals surface area contributed by atoms with Crippen LogP contribution in [0.1, 0.15) is 19.4 Å². The number of hydrogen-bond acceptors (Lipinski definition) is 3. The lowest BCUT2D eigenvalue weighted by Crippen LogP contribution is -2.47. The van der Waals surface area contributed by atoms with Gasteiger partial charge in [0.15, 0.2) is 0 Å². The average molecular weight is 265 g/mol. The van der Waals surface area contributed by atoms with Crippen molar-refractivity contribution in [2.75, 3.05) is 13.6 Å². The van der Waals surface area contributed by atoms with Gasteiger partial charge in [0.2, 0.25) is 0 Å². The third-order valence-corrected chi connectivity index (χ3v) is 3.02. The lowest BCUT2D eigenvalue weighted by Gasteiger charge is -2.29. The van der Waals surface area contributed by atoms with Gasteiger partial charge < -0.3 is 14.9 Å². The molecular formula is C13H19N3O3. The smallest absolute Gasteiger partial charge is 0.326 e. The Balaban J connectivity index is 2.74. The van der Waals surface area contributed by atoms with Crippen molar-refractivity contribution in [1.82, 2.24) is 14.8 Å². The number of rotatable bonds is 5. The van der Waals surface area contributed by atoms with Crippen LogP contribution >= 0.6 is 0 Å². The zero-order valence-corrected chi connectivity index (χ0v) is 11.4. The van der Waals surface area contributed by atoms with E-state index in [4.69, 9.17) is 5.11 Å². The topological polar surface area (TPSA) is 73.7 Å². The van der Waals surface area contributed by atoms with Crippen LogP contribution in [0.5, 0.6) is 0 Å². The Morgan fingerprint density at radius 1 is 1.37 bits per heavy atom. The molecule has 0 spiro atoms. The first-order valence-corrected chi connectivity index (χ1v) is 6.10. The van der Waals surface area contributed by atoms with Crippen molar-refractivity contribution in [1.29, 1.82) is 0 Å². The predicted octanol–water partition coefficient (Wildman–Crippen LogP) is 1.43. The molecule has 2 amide bonds. The maximum Gasteiger partial charge on any atom is 0.326 e. The second kappa shape index (κ2) is 6.72. The van der Waals surface area contributed by atoms with Gasteiger partial charge in [-0.2, -0.15) is 0 Å². The molecule has 1 aromatic rings. The van der Waals surface area contributed by atoms with E-state index in [-0.39, 0.29) is 6.03 Å². The SMILES string of the molecule is CCN(Cc1ccncc1)C(=O)N(C)C(C)C(=O)O. The highest BCUT2D eigenvalue weighted by Crippen LogP contribution is 2.08. The fourth-order valence-electron chi connectivity index (χ4n) is 1.58. The molecule has 1 heterocycles. The van der Waals surface area contributed by atoms with Crippen LogP contribution in [-0.2, 0) is 11.3 Å². The van der Waals surface area contributed by atoms with Crippen molar-refractivity contribution >= 4 is 12.0 Å². The van der Waals surface area contributed by atoms with E-state index in [1.54, 1.807) is 17.3 Å². The van der Waals surface area contributed by atoms with E-state index >= 15 is 0 Å². The Kier molecular flexibility index (Phi) is 5.29. The molecule has 1 rings (SSSR count). The van der Waals surface area contributed by atoms with Crippen LogP contribution in [0.15, 0.2) is 24.5 Å². The fraction of sp³-hybridized carbons (Fsp3) is 0.462. The molecule has 6 nitrogen and oxygen atoms in total. The molecule has 1 aromatic heterocycles. The normalized spacial score (nSPS) is 11.7. The zero-order valence-electron chi connectivity index (χ0n) is 11.4. The first-order valence-electron chi connectivity index (χ1n) is 6.10. The predicted molar refractivity (Wildman–Crippen MR) is 70.6 cm³/mol. The number of aromatic nitrogens is 1. The van der Waals surface area contributed by atoms with Crippen molar-refractivity contribution in [3.63, 3.8) is 0 Å². The average Bonchev–Trinajstić information content (AvgIpc) is 2.43. The largest absolute Gasteiger partial charge is 0.480 e. The lowest BCUT2D eigenvalue weighted by molar-refractivity contribution is -0.141. The number of carbonyl (C=O) groups excluding carboxylic acids is 1. The van der Waals surface area contributed by atoms with Crippen LogP contribution in [0.25, 0.3) is 0 Å². The number of aliphatic carboxylic acids is 1. The molecule has 1 unspecified atom stereocenters. The maximum absolute atomic E-state index is 12.2. The van der Waals surface area contributed by atoms with Gasteiger partial charge in [0.1, 0.15) is 6.04 Å². The van der Waals surface area contributed by atoms with Crippen LogP contribution in [0, 0.1) is 0 Å². The molecule has 0 saturated carbocycles. The molecule has 1 N–H and O–H groups in total. The summed E-state index contributed by atoms with van der Waals surface area (Å²) in [5.74, 6) is -1.02. The molecule has 6 heteroatoms. The van der Waals surface area contributed by atoms with Gasteiger partial charge in [-0.05, 0) is 31.5 Å².